The van der Waals surface area contributed by atoms with E-state index < -0.39 is 5.91 Å². The summed E-state index contributed by atoms with van der Waals surface area (Å²) < 4.78 is 14.0. The van der Waals surface area contributed by atoms with Crippen molar-refractivity contribution in [3.8, 4) is 0 Å². The van der Waals surface area contributed by atoms with Crippen molar-refractivity contribution in [1.29, 1.82) is 0 Å². The molecule has 21 heavy (non-hydrogen) atoms. The first-order chi connectivity index (χ1) is 9.99. The molecule has 0 spiro atoms. The lowest BCUT2D eigenvalue weighted by Gasteiger charge is -2.19. The molecule has 0 heterocycles. The number of allylic oxidation sites excluding steroid dienone is 4. The van der Waals surface area contributed by atoms with Crippen LogP contribution in [0.25, 0.3) is 11.6 Å². The first-order valence-corrected chi connectivity index (χ1v) is 6.83. The van der Waals surface area contributed by atoms with Gasteiger partial charge in [0.25, 0.3) is 5.91 Å². The van der Waals surface area contributed by atoms with Gasteiger partial charge in [-0.25, -0.2) is 4.39 Å². The Bertz CT molecular complexity index is 766. The third-order valence-electron chi connectivity index (χ3n) is 3.93. The van der Waals surface area contributed by atoms with Crippen molar-refractivity contribution in [3.63, 3.8) is 0 Å². The molecule has 105 valence electrons. The van der Waals surface area contributed by atoms with Crippen LogP contribution < -0.4 is 5.73 Å². The second-order valence-electron chi connectivity index (χ2n) is 5.48. The van der Waals surface area contributed by atoms with E-state index >= 15 is 0 Å². The summed E-state index contributed by atoms with van der Waals surface area (Å²) in [6, 6.07) is 3.12. The minimum absolute atomic E-state index is 0.224. The molecule has 3 heteroatoms. The molecule has 1 amide bonds. The number of nitrogens with one attached hydrogen (secondary N) is 1. The van der Waals surface area contributed by atoms with E-state index in [0.717, 1.165) is 22.3 Å². The maximum atomic E-state index is 14.0. The van der Waals surface area contributed by atoms with E-state index in [1.54, 1.807) is 12.1 Å². The van der Waals surface area contributed by atoms with Crippen LogP contribution >= 0.6 is 0 Å². The van der Waals surface area contributed by atoms with Gasteiger partial charge in [0.05, 0.1) is 0 Å². The topological polar surface area (TPSA) is 40.9 Å². The summed E-state index contributed by atoms with van der Waals surface area (Å²) in [5.74, 6) is -0.961. The Balaban J connectivity index is 2.30. The molecule has 2 nitrogen and oxygen atoms in total. The lowest BCUT2D eigenvalue weighted by Crippen LogP contribution is -2.09. The van der Waals surface area contributed by atoms with E-state index in [4.69, 9.17) is 5.73 Å². The molecular formula is C18H15FNO. The van der Waals surface area contributed by atoms with Gasteiger partial charge >= 0.3 is 0 Å². The highest BCUT2D eigenvalue weighted by molar-refractivity contribution is 6.07. The van der Waals surface area contributed by atoms with Crippen molar-refractivity contribution in [3.05, 3.63) is 70.1 Å². The van der Waals surface area contributed by atoms with Crippen molar-refractivity contribution in [2.45, 2.75) is 19.8 Å². The number of fused-ring (bicyclic) bond motifs is 1. The molecule has 3 rings (SSSR count). The van der Waals surface area contributed by atoms with Crippen LogP contribution in [0.2, 0.25) is 0 Å². The average molecular weight is 280 g/mol. The summed E-state index contributed by atoms with van der Waals surface area (Å²) in [6.07, 6.45) is 6.69. The van der Waals surface area contributed by atoms with Crippen LogP contribution in [0.4, 0.5) is 4.39 Å². The third kappa shape index (κ3) is 2.15. The Morgan fingerprint density at radius 3 is 2.86 bits per heavy atom. The molecule has 1 aromatic carbocycles. The Kier molecular flexibility index (Phi) is 3.13. The molecule has 1 radical (unpaired) electrons. The van der Waals surface area contributed by atoms with Crippen molar-refractivity contribution < 1.29 is 9.18 Å². The highest BCUT2D eigenvalue weighted by atomic mass is 19.1. The Labute approximate surface area is 123 Å². The van der Waals surface area contributed by atoms with Gasteiger partial charge in [0, 0.05) is 5.57 Å². The first kappa shape index (κ1) is 13.6. The van der Waals surface area contributed by atoms with Crippen molar-refractivity contribution in [2.75, 3.05) is 0 Å². The summed E-state index contributed by atoms with van der Waals surface area (Å²) in [6.45, 7) is 5.97. The van der Waals surface area contributed by atoms with Gasteiger partial charge in [-0.1, -0.05) is 36.4 Å². The predicted octanol–water partition coefficient (Wildman–Crippen LogP) is 3.86. The third-order valence-corrected chi connectivity index (χ3v) is 3.93. The van der Waals surface area contributed by atoms with Crippen molar-refractivity contribution >= 4 is 17.6 Å². The Hall–Kier alpha value is -2.42. The average Bonchev–Trinajstić information content (AvgIpc) is 2.82. The van der Waals surface area contributed by atoms with Crippen molar-refractivity contribution in [1.82, 2.24) is 5.73 Å². The van der Waals surface area contributed by atoms with Crippen molar-refractivity contribution in [2.24, 2.45) is 0 Å². The second-order valence-corrected chi connectivity index (χ2v) is 5.48. The minimum atomic E-state index is -0.737. The molecule has 1 aromatic rings. The predicted molar refractivity (Wildman–Crippen MR) is 81.7 cm³/mol. The smallest absolute Gasteiger partial charge is 0.267 e. The highest BCUT2D eigenvalue weighted by Gasteiger charge is 2.24. The van der Waals surface area contributed by atoms with Crippen LogP contribution in [0.5, 0.6) is 0 Å². The number of halogens is 1. The number of hydrogen-bond acceptors (Lipinski definition) is 1. The highest BCUT2D eigenvalue weighted by Crippen LogP contribution is 2.39. The Morgan fingerprint density at radius 2 is 2.14 bits per heavy atom. The SMILES string of the molecule is C=C1CC=CC(C([NH])=O)=C1c1ccc(F)c2c1C=C(C)C2. The van der Waals surface area contributed by atoms with E-state index in [-0.39, 0.29) is 5.82 Å². The van der Waals surface area contributed by atoms with Crippen LogP contribution in [-0.2, 0) is 11.2 Å². The van der Waals surface area contributed by atoms with Gasteiger partial charge in [0.1, 0.15) is 5.82 Å². The number of hydrogen-bond donors (Lipinski definition) is 0. The summed E-state index contributed by atoms with van der Waals surface area (Å²) in [5.41, 5.74) is 12.6. The van der Waals surface area contributed by atoms with Gasteiger partial charge in [-0.2, -0.15) is 0 Å². The summed E-state index contributed by atoms with van der Waals surface area (Å²) in [5, 5.41) is 0. The zero-order valence-corrected chi connectivity index (χ0v) is 11.8. The zero-order valence-electron chi connectivity index (χ0n) is 11.8. The van der Waals surface area contributed by atoms with Gasteiger partial charge in [0.2, 0.25) is 0 Å². The maximum Gasteiger partial charge on any atom is 0.270 e. The summed E-state index contributed by atoms with van der Waals surface area (Å²) >= 11 is 0. The lowest BCUT2D eigenvalue weighted by molar-refractivity contribution is -0.114. The van der Waals surface area contributed by atoms with Gasteiger partial charge in [-0.3, -0.25) is 10.5 Å². The lowest BCUT2D eigenvalue weighted by atomic mass is 9.85. The molecule has 2 aliphatic carbocycles. The molecule has 0 aromatic heterocycles. The molecule has 0 bridgehead atoms. The molecular weight excluding hydrogens is 265 g/mol. The largest absolute Gasteiger partial charge is 0.270 e. The minimum Gasteiger partial charge on any atom is -0.267 e. The standard InChI is InChI=1S/C18H15FNO/c1-10-8-14-12(6-7-16(19)15(14)9-10)17-11(2)4-3-5-13(17)18(20)21/h3,5-8,20H,2,4,9H2,1H3. The number of carbonyl (C=O) groups is 1. The second kappa shape index (κ2) is 4.85. The fraction of sp³-hybridized carbons (Fsp3) is 0.167. The van der Waals surface area contributed by atoms with Gasteiger partial charge in [-0.05, 0) is 53.7 Å². The fourth-order valence-electron chi connectivity index (χ4n) is 3.00. The molecule has 0 atom stereocenters. The van der Waals surface area contributed by atoms with Crippen LogP contribution in [0.3, 0.4) is 0 Å². The zero-order chi connectivity index (χ0) is 15.1. The summed E-state index contributed by atoms with van der Waals surface area (Å²) in [7, 11) is 0. The van der Waals surface area contributed by atoms with Crippen LogP contribution in [0.1, 0.15) is 30.0 Å². The van der Waals surface area contributed by atoms with Gasteiger partial charge in [0.15, 0.2) is 0 Å². The Morgan fingerprint density at radius 1 is 1.38 bits per heavy atom. The fourth-order valence-corrected chi connectivity index (χ4v) is 3.00. The van der Waals surface area contributed by atoms with E-state index in [9.17, 15) is 9.18 Å². The number of amides is 1. The monoisotopic (exact) mass is 280 g/mol. The molecule has 0 unspecified atom stereocenters. The summed E-state index contributed by atoms with van der Waals surface area (Å²) in [4.78, 5) is 11.6. The number of benzene rings is 1. The van der Waals surface area contributed by atoms with E-state index in [0.29, 0.717) is 29.6 Å². The normalized spacial score (nSPS) is 17.0. The molecule has 0 fully saturated rings. The van der Waals surface area contributed by atoms with E-state index in [1.807, 2.05) is 19.1 Å². The van der Waals surface area contributed by atoms with E-state index in [1.165, 1.54) is 6.07 Å². The number of rotatable bonds is 2. The van der Waals surface area contributed by atoms with Crippen LogP contribution in [-0.4, -0.2) is 5.91 Å². The quantitative estimate of drug-likeness (QED) is 0.810. The molecule has 0 aliphatic heterocycles. The van der Waals surface area contributed by atoms with E-state index in [2.05, 4.69) is 6.58 Å². The maximum absolute atomic E-state index is 14.0. The molecule has 2 aliphatic rings. The van der Waals surface area contributed by atoms with Crippen LogP contribution in [0, 0.1) is 5.82 Å². The van der Waals surface area contributed by atoms with Crippen LogP contribution in [0.15, 0.2) is 47.6 Å². The molecule has 0 saturated heterocycles. The molecule has 0 saturated carbocycles. The van der Waals surface area contributed by atoms with Gasteiger partial charge in [-0.15, -0.1) is 0 Å². The van der Waals surface area contributed by atoms with Gasteiger partial charge < -0.3 is 0 Å². The first-order valence-electron chi connectivity index (χ1n) is 6.83. The molecule has 1 N–H and O–H groups in total. The number of carbonyl (C=O) groups excluding carboxylic acids is 1.